The monoisotopic (exact) mass is 354 g/mol. The molecule has 6 nitrogen and oxygen atoms in total. The van der Waals surface area contributed by atoms with Crippen molar-refractivity contribution in [2.45, 2.75) is 6.92 Å². The molecule has 0 fully saturated rings. The van der Waals surface area contributed by atoms with Gasteiger partial charge in [-0.3, -0.25) is 9.59 Å². The first-order valence-electron chi connectivity index (χ1n) is 7.52. The number of hydrogen-bond acceptors (Lipinski definition) is 3. The molecule has 3 N–H and O–H groups in total. The maximum Gasteiger partial charge on any atom is 0.329 e. The van der Waals surface area contributed by atoms with Gasteiger partial charge in [-0.05, 0) is 30.7 Å². The molecule has 0 aliphatic carbocycles. The number of hydrazone groups is 1. The molecule has 0 bridgehead atoms. The highest BCUT2D eigenvalue weighted by Gasteiger charge is 2.14. The van der Waals surface area contributed by atoms with Gasteiger partial charge in [0, 0.05) is 33.4 Å². The van der Waals surface area contributed by atoms with Gasteiger partial charge in [-0.15, -0.1) is 0 Å². The molecule has 126 valence electrons. The van der Waals surface area contributed by atoms with Crippen LogP contribution in [0.2, 0.25) is 5.02 Å². The highest BCUT2D eigenvalue weighted by Crippen LogP contribution is 2.22. The number of halogens is 1. The van der Waals surface area contributed by atoms with Crippen molar-refractivity contribution in [3.05, 3.63) is 64.8 Å². The van der Waals surface area contributed by atoms with Crippen LogP contribution in [-0.2, 0) is 9.59 Å². The van der Waals surface area contributed by atoms with Crippen LogP contribution in [0.4, 0.5) is 5.69 Å². The molecule has 0 atom stereocenters. The van der Waals surface area contributed by atoms with Crippen molar-refractivity contribution in [1.82, 2.24) is 10.4 Å². The largest absolute Gasteiger partial charge is 0.361 e. The molecule has 0 saturated carbocycles. The van der Waals surface area contributed by atoms with Crippen molar-refractivity contribution in [2.75, 3.05) is 5.32 Å². The summed E-state index contributed by atoms with van der Waals surface area (Å²) in [6.07, 6.45) is 3.25. The Bertz CT molecular complexity index is 978. The minimum atomic E-state index is -0.865. The summed E-state index contributed by atoms with van der Waals surface area (Å²) in [4.78, 5) is 26.9. The third kappa shape index (κ3) is 3.70. The molecule has 2 amide bonds. The minimum Gasteiger partial charge on any atom is -0.361 e. The number of fused-ring (bicyclic) bond motifs is 1. The fraction of sp³-hybridized carbons (Fsp3) is 0.0556. The van der Waals surface area contributed by atoms with Gasteiger partial charge in [0.05, 0.1) is 6.21 Å². The van der Waals surface area contributed by atoms with Crippen LogP contribution in [0.5, 0.6) is 0 Å². The van der Waals surface area contributed by atoms with Gasteiger partial charge in [0.25, 0.3) is 0 Å². The van der Waals surface area contributed by atoms with Gasteiger partial charge in [0.15, 0.2) is 0 Å². The molecule has 0 spiro atoms. The van der Waals surface area contributed by atoms with Crippen LogP contribution >= 0.6 is 11.6 Å². The van der Waals surface area contributed by atoms with Gasteiger partial charge in [-0.1, -0.05) is 35.9 Å². The standard InChI is InChI=1S/C18H15ClN4O2/c1-11-14(19)6-4-8-15(11)22-17(24)18(25)23-21-10-12-9-20-16-7-3-2-5-13(12)16/h2-10,20H,1H3,(H,22,24)(H,23,25)/b21-10-. The summed E-state index contributed by atoms with van der Waals surface area (Å²) in [5.74, 6) is -1.68. The number of aromatic amines is 1. The van der Waals surface area contributed by atoms with E-state index in [9.17, 15) is 9.59 Å². The fourth-order valence-electron chi connectivity index (χ4n) is 2.33. The van der Waals surface area contributed by atoms with Crippen LogP contribution in [0.1, 0.15) is 11.1 Å². The lowest BCUT2D eigenvalue weighted by atomic mass is 10.2. The van der Waals surface area contributed by atoms with E-state index in [1.54, 1.807) is 31.3 Å². The van der Waals surface area contributed by atoms with Crippen LogP contribution in [0.3, 0.4) is 0 Å². The number of hydrogen-bond donors (Lipinski definition) is 3. The molecule has 2 aromatic carbocycles. The Kier molecular flexibility index (Phi) is 4.81. The summed E-state index contributed by atoms with van der Waals surface area (Å²) in [7, 11) is 0. The topological polar surface area (TPSA) is 86.3 Å². The van der Waals surface area contributed by atoms with Gasteiger partial charge >= 0.3 is 11.8 Å². The lowest BCUT2D eigenvalue weighted by Crippen LogP contribution is -2.32. The second kappa shape index (κ2) is 7.19. The van der Waals surface area contributed by atoms with E-state index in [0.29, 0.717) is 16.3 Å². The zero-order valence-electron chi connectivity index (χ0n) is 13.3. The maximum atomic E-state index is 11.9. The number of para-hydroxylation sites is 1. The Hall–Kier alpha value is -3.12. The average Bonchev–Trinajstić information content (AvgIpc) is 3.02. The normalized spacial score (nSPS) is 11.0. The summed E-state index contributed by atoms with van der Waals surface area (Å²) in [6.45, 7) is 1.75. The number of benzene rings is 2. The molecule has 0 radical (unpaired) electrons. The second-order valence-corrected chi connectivity index (χ2v) is 5.76. The summed E-state index contributed by atoms with van der Waals surface area (Å²) in [5.41, 5.74) is 5.15. The van der Waals surface area contributed by atoms with Crippen LogP contribution in [-0.4, -0.2) is 23.0 Å². The van der Waals surface area contributed by atoms with E-state index in [1.807, 2.05) is 24.3 Å². The highest BCUT2D eigenvalue weighted by atomic mass is 35.5. The predicted molar refractivity (Wildman–Crippen MR) is 98.9 cm³/mol. The number of H-pyrrole nitrogens is 1. The lowest BCUT2D eigenvalue weighted by Gasteiger charge is -2.08. The Balaban J connectivity index is 1.64. The quantitative estimate of drug-likeness (QED) is 0.383. The van der Waals surface area contributed by atoms with Crippen molar-refractivity contribution < 1.29 is 9.59 Å². The molecular weight excluding hydrogens is 340 g/mol. The SMILES string of the molecule is Cc1c(Cl)cccc1NC(=O)C(=O)N/N=C\c1c[nH]c2ccccc12. The molecular formula is C18H15ClN4O2. The van der Waals surface area contributed by atoms with Crippen molar-refractivity contribution in [1.29, 1.82) is 0 Å². The Morgan fingerprint density at radius 2 is 1.92 bits per heavy atom. The Morgan fingerprint density at radius 1 is 1.12 bits per heavy atom. The van der Waals surface area contributed by atoms with E-state index in [1.165, 1.54) is 6.21 Å². The third-order valence-electron chi connectivity index (χ3n) is 3.71. The summed E-state index contributed by atoms with van der Waals surface area (Å²) in [5, 5.41) is 7.83. The van der Waals surface area contributed by atoms with E-state index >= 15 is 0 Å². The second-order valence-electron chi connectivity index (χ2n) is 5.36. The van der Waals surface area contributed by atoms with Gasteiger partial charge < -0.3 is 10.3 Å². The molecule has 0 saturated heterocycles. The van der Waals surface area contributed by atoms with Crippen molar-refractivity contribution in [3.8, 4) is 0 Å². The molecule has 1 aromatic heterocycles. The molecule has 0 aliphatic heterocycles. The van der Waals surface area contributed by atoms with Gasteiger partial charge in [0.2, 0.25) is 0 Å². The van der Waals surface area contributed by atoms with E-state index in [2.05, 4.69) is 20.8 Å². The molecule has 25 heavy (non-hydrogen) atoms. The summed E-state index contributed by atoms with van der Waals surface area (Å²) >= 11 is 5.99. The van der Waals surface area contributed by atoms with Crippen molar-refractivity contribution in [2.24, 2.45) is 5.10 Å². The number of amides is 2. The Labute approximate surface area is 148 Å². The third-order valence-corrected chi connectivity index (χ3v) is 4.12. The summed E-state index contributed by atoms with van der Waals surface area (Å²) in [6, 6.07) is 12.8. The first kappa shape index (κ1) is 16.7. The number of nitrogens with zero attached hydrogens (tertiary/aromatic N) is 1. The van der Waals surface area contributed by atoms with Gasteiger partial charge in [-0.25, -0.2) is 5.43 Å². The average molecular weight is 355 g/mol. The van der Waals surface area contributed by atoms with Crippen LogP contribution in [0.15, 0.2) is 53.8 Å². The first-order chi connectivity index (χ1) is 12.1. The van der Waals surface area contributed by atoms with Crippen LogP contribution in [0.25, 0.3) is 10.9 Å². The van der Waals surface area contributed by atoms with Crippen molar-refractivity contribution in [3.63, 3.8) is 0 Å². The molecule has 0 aliphatic rings. The predicted octanol–water partition coefficient (Wildman–Crippen LogP) is 3.22. The Morgan fingerprint density at radius 3 is 2.76 bits per heavy atom. The molecule has 0 unspecified atom stereocenters. The summed E-state index contributed by atoms with van der Waals surface area (Å²) < 4.78 is 0. The zero-order valence-corrected chi connectivity index (χ0v) is 14.1. The highest BCUT2D eigenvalue weighted by molar-refractivity contribution is 6.40. The molecule has 7 heteroatoms. The molecule has 1 heterocycles. The number of rotatable bonds is 3. The number of carbonyl (C=O) groups is 2. The first-order valence-corrected chi connectivity index (χ1v) is 7.89. The van der Waals surface area contributed by atoms with Gasteiger partial charge in [0.1, 0.15) is 0 Å². The molecule has 3 rings (SSSR count). The smallest absolute Gasteiger partial charge is 0.329 e. The number of nitrogens with one attached hydrogen (secondary N) is 3. The fourth-order valence-corrected chi connectivity index (χ4v) is 2.51. The molecule has 3 aromatic rings. The van der Waals surface area contributed by atoms with E-state index in [-0.39, 0.29) is 0 Å². The number of aromatic nitrogens is 1. The zero-order chi connectivity index (χ0) is 17.8. The van der Waals surface area contributed by atoms with E-state index in [0.717, 1.165) is 16.5 Å². The van der Waals surface area contributed by atoms with E-state index < -0.39 is 11.8 Å². The maximum absolute atomic E-state index is 11.9. The lowest BCUT2D eigenvalue weighted by molar-refractivity contribution is -0.136. The minimum absolute atomic E-state index is 0.480. The number of anilines is 1. The number of carbonyl (C=O) groups excluding carboxylic acids is 2. The van der Waals surface area contributed by atoms with E-state index in [4.69, 9.17) is 11.6 Å². The van der Waals surface area contributed by atoms with Crippen LogP contribution in [0, 0.1) is 6.92 Å². The van der Waals surface area contributed by atoms with Crippen molar-refractivity contribution >= 4 is 46.2 Å². The van der Waals surface area contributed by atoms with Gasteiger partial charge in [-0.2, -0.15) is 5.10 Å². The van der Waals surface area contributed by atoms with Crippen LogP contribution < -0.4 is 10.7 Å².